The fraction of sp³-hybridized carbons (Fsp3) is 0.154. The van der Waals surface area contributed by atoms with Crippen molar-refractivity contribution in [1.29, 1.82) is 0 Å². The molecule has 0 aliphatic rings. The number of sulfonamides is 1. The van der Waals surface area contributed by atoms with Crippen LogP contribution in [0.1, 0.15) is 16.1 Å². The third-order valence-electron chi connectivity index (χ3n) is 2.67. The molecule has 0 saturated carbocycles. The molecule has 0 atom stereocenters. The average Bonchev–Trinajstić information content (AvgIpc) is 2.43. The van der Waals surface area contributed by atoms with Crippen LogP contribution in [0.25, 0.3) is 0 Å². The monoisotopic (exact) mass is 339 g/mol. The summed E-state index contributed by atoms with van der Waals surface area (Å²) >= 11 is 1.07. The van der Waals surface area contributed by atoms with E-state index in [1.54, 1.807) is 6.92 Å². The molecule has 7 nitrogen and oxygen atoms in total. The van der Waals surface area contributed by atoms with Crippen molar-refractivity contribution < 1.29 is 13.2 Å². The summed E-state index contributed by atoms with van der Waals surface area (Å²) in [5, 5.41) is 5.36. The number of nitrogens with zero attached hydrogens (tertiary/aromatic N) is 1. The number of hydrogen-bond donors (Lipinski definition) is 2. The Morgan fingerprint density at radius 2 is 2.09 bits per heavy atom. The third kappa shape index (κ3) is 4.26. The van der Waals surface area contributed by atoms with Gasteiger partial charge in [-0.2, -0.15) is 0 Å². The van der Waals surface area contributed by atoms with Crippen molar-refractivity contribution >= 4 is 27.6 Å². The number of benzene rings is 1. The Morgan fingerprint density at radius 1 is 1.36 bits per heavy atom. The molecule has 3 N–H and O–H groups in total. The first-order chi connectivity index (χ1) is 10.3. The lowest BCUT2D eigenvalue weighted by Crippen LogP contribution is -2.13. The van der Waals surface area contributed by atoms with Crippen LogP contribution >= 0.6 is 11.8 Å². The van der Waals surface area contributed by atoms with Gasteiger partial charge in [0.1, 0.15) is 0 Å². The Hall–Kier alpha value is -1.97. The number of aryl methyl sites for hydroxylation is 1. The summed E-state index contributed by atoms with van der Waals surface area (Å²) in [5.41, 5.74) is 0.489. The molecule has 0 amide bonds. The van der Waals surface area contributed by atoms with Crippen molar-refractivity contribution in [2.45, 2.75) is 17.0 Å². The number of carbonyl (C=O) groups excluding carboxylic acids is 1. The fourth-order valence-corrected chi connectivity index (χ4v) is 3.06. The molecule has 2 aromatic rings. The van der Waals surface area contributed by atoms with Gasteiger partial charge in [-0.1, -0.05) is 23.9 Å². The lowest BCUT2D eigenvalue weighted by Gasteiger charge is -2.04. The minimum absolute atomic E-state index is 0.0144. The van der Waals surface area contributed by atoms with Gasteiger partial charge in [0.05, 0.1) is 10.6 Å². The van der Waals surface area contributed by atoms with Gasteiger partial charge in [-0.3, -0.25) is 9.59 Å². The van der Waals surface area contributed by atoms with E-state index in [-0.39, 0.29) is 27.6 Å². The molecule has 0 bridgehead atoms. The summed E-state index contributed by atoms with van der Waals surface area (Å²) in [5.74, 6) is -0.278. The minimum Gasteiger partial charge on any atom is -0.301 e. The molecule has 0 radical (unpaired) electrons. The number of ketones is 1. The van der Waals surface area contributed by atoms with Crippen LogP contribution in [0.2, 0.25) is 0 Å². The Bertz CT molecular complexity index is 875. The summed E-state index contributed by atoms with van der Waals surface area (Å²) in [6.45, 7) is 1.68. The molecule has 22 heavy (non-hydrogen) atoms. The van der Waals surface area contributed by atoms with Crippen molar-refractivity contribution in [1.82, 2.24) is 9.97 Å². The van der Waals surface area contributed by atoms with Gasteiger partial charge in [0.15, 0.2) is 10.9 Å². The van der Waals surface area contributed by atoms with E-state index >= 15 is 0 Å². The summed E-state index contributed by atoms with van der Waals surface area (Å²) in [4.78, 5) is 29.9. The van der Waals surface area contributed by atoms with Gasteiger partial charge >= 0.3 is 0 Å². The van der Waals surface area contributed by atoms with E-state index in [9.17, 15) is 18.0 Å². The molecular weight excluding hydrogens is 326 g/mol. The maximum absolute atomic E-state index is 12.1. The van der Waals surface area contributed by atoms with Gasteiger partial charge in [0.25, 0.3) is 5.56 Å². The zero-order valence-electron chi connectivity index (χ0n) is 11.6. The number of nitrogens with two attached hydrogens (primary N) is 1. The van der Waals surface area contributed by atoms with E-state index in [0.717, 1.165) is 11.8 Å². The van der Waals surface area contributed by atoms with Gasteiger partial charge < -0.3 is 4.98 Å². The molecule has 0 aliphatic heterocycles. The fourth-order valence-electron chi connectivity index (χ4n) is 1.68. The summed E-state index contributed by atoms with van der Waals surface area (Å²) < 4.78 is 22.5. The lowest BCUT2D eigenvalue weighted by atomic mass is 10.1. The smallest absolute Gasteiger partial charge is 0.251 e. The molecular formula is C13H13N3O4S2. The Balaban J connectivity index is 2.14. The maximum Gasteiger partial charge on any atom is 0.251 e. The first-order valence-corrected chi connectivity index (χ1v) is 8.66. The van der Waals surface area contributed by atoms with Crippen LogP contribution in [-0.4, -0.2) is 29.9 Å². The Kier molecular flexibility index (Phi) is 4.79. The average molecular weight is 339 g/mol. The predicted octanol–water partition coefficient (Wildman–Crippen LogP) is 0.701. The van der Waals surface area contributed by atoms with Crippen LogP contribution in [0, 0.1) is 6.92 Å². The SMILES string of the molecule is Cc1cc(=O)[nH]c(SCC(=O)c2cccc(S(N)(=O)=O)c2)n1. The van der Waals surface area contributed by atoms with Gasteiger partial charge in [-0.15, -0.1) is 0 Å². The summed E-state index contributed by atoms with van der Waals surface area (Å²) in [6, 6.07) is 6.85. The molecule has 0 unspecified atom stereocenters. The molecule has 1 aromatic heterocycles. The van der Waals surface area contributed by atoms with Crippen LogP contribution in [0.5, 0.6) is 0 Å². The second kappa shape index (κ2) is 6.42. The van der Waals surface area contributed by atoms with E-state index in [4.69, 9.17) is 5.14 Å². The van der Waals surface area contributed by atoms with Crippen molar-refractivity contribution in [3.05, 3.63) is 51.9 Å². The van der Waals surface area contributed by atoms with E-state index in [1.807, 2.05) is 0 Å². The molecule has 116 valence electrons. The number of thioether (sulfide) groups is 1. The number of aromatic nitrogens is 2. The molecule has 2 rings (SSSR count). The molecule has 9 heteroatoms. The van der Waals surface area contributed by atoms with Crippen molar-refractivity contribution in [3.63, 3.8) is 0 Å². The van der Waals surface area contributed by atoms with Crippen molar-refractivity contribution in [2.24, 2.45) is 5.14 Å². The quantitative estimate of drug-likeness (QED) is 0.469. The van der Waals surface area contributed by atoms with Gasteiger partial charge in [-0.25, -0.2) is 18.5 Å². The Labute approximate surface area is 131 Å². The van der Waals surface area contributed by atoms with Crippen LogP contribution in [0.4, 0.5) is 0 Å². The molecule has 1 heterocycles. The first kappa shape index (κ1) is 16.4. The number of nitrogens with one attached hydrogen (secondary N) is 1. The number of carbonyl (C=O) groups is 1. The highest BCUT2D eigenvalue weighted by Gasteiger charge is 2.13. The molecule has 0 fully saturated rings. The van der Waals surface area contributed by atoms with E-state index < -0.39 is 10.0 Å². The second-order valence-corrected chi connectivity index (χ2v) is 7.00. The van der Waals surface area contributed by atoms with Crippen molar-refractivity contribution in [2.75, 3.05) is 5.75 Å². The minimum atomic E-state index is -3.86. The highest BCUT2D eigenvalue weighted by molar-refractivity contribution is 7.99. The van der Waals surface area contributed by atoms with Crippen LogP contribution in [0.15, 0.2) is 45.2 Å². The highest BCUT2D eigenvalue weighted by atomic mass is 32.2. The number of primary sulfonamides is 1. The topological polar surface area (TPSA) is 123 Å². The zero-order chi connectivity index (χ0) is 16.3. The molecule has 1 aromatic carbocycles. The normalized spacial score (nSPS) is 11.4. The highest BCUT2D eigenvalue weighted by Crippen LogP contribution is 2.16. The van der Waals surface area contributed by atoms with Crippen LogP contribution in [-0.2, 0) is 10.0 Å². The van der Waals surface area contributed by atoms with E-state index in [0.29, 0.717) is 10.9 Å². The van der Waals surface area contributed by atoms with Crippen LogP contribution < -0.4 is 10.7 Å². The standard InChI is InChI=1S/C13H13N3O4S2/c1-8-5-12(18)16-13(15-8)21-7-11(17)9-3-2-4-10(6-9)22(14,19)20/h2-6H,7H2,1H3,(H2,14,19,20)(H,15,16,18). The van der Waals surface area contributed by atoms with Gasteiger partial charge in [-0.05, 0) is 19.1 Å². The van der Waals surface area contributed by atoms with Crippen LogP contribution in [0.3, 0.4) is 0 Å². The maximum atomic E-state index is 12.1. The third-order valence-corrected chi connectivity index (χ3v) is 4.46. The molecule has 0 aliphatic carbocycles. The van der Waals surface area contributed by atoms with E-state index in [2.05, 4.69) is 9.97 Å². The van der Waals surface area contributed by atoms with E-state index in [1.165, 1.54) is 30.3 Å². The number of H-pyrrole nitrogens is 1. The van der Waals surface area contributed by atoms with Gasteiger partial charge in [0, 0.05) is 17.3 Å². The van der Waals surface area contributed by atoms with Crippen molar-refractivity contribution in [3.8, 4) is 0 Å². The summed E-state index contributed by atoms with van der Waals surface area (Å²) in [6.07, 6.45) is 0. The number of rotatable bonds is 5. The molecule has 0 saturated heterocycles. The number of aromatic amines is 1. The number of Topliss-reactive ketones (excluding diaryl/α,β-unsaturated/α-hetero) is 1. The molecule has 0 spiro atoms. The largest absolute Gasteiger partial charge is 0.301 e. The number of hydrogen-bond acceptors (Lipinski definition) is 6. The zero-order valence-corrected chi connectivity index (χ0v) is 13.2. The lowest BCUT2D eigenvalue weighted by molar-refractivity contribution is 0.102. The first-order valence-electron chi connectivity index (χ1n) is 6.12. The Morgan fingerprint density at radius 3 is 2.73 bits per heavy atom. The summed E-state index contributed by atoms with van der Waals surface area (Å²) in [7, 11) is -3.86. The van der Waals surface area contributed by atoms with Gasteiger partial charge in [0.2, 0.25) is 10.0 Å². The predicted molar refractivity (Wildman–Crippen MR) is 82.5 cm³/mol. The second-order valence-electron chi connectivity index (χ2n) is 4.48.